The number of fused-ring (bicyclic) bond motifs is 2. The molecule has 0 bridgehead atoms. The van der Waals surface area contributed by atoms with E-state index >= 15 is 0 Å². The Labute approximate surface area is 173 Å². The number of imidazole rings is 1. The van der Waals surface area contributed by atoms with Gasteiger partial charge in [-0.15, -0.1) is 0 Å². The van der Waals surface area contributed by atoms with Crippen LogP contribution in [-0.4, -0.2) is 45.1 Å². The maximum absolute atomic E-state index is 14.0. The molecule has 0 unspecified atom stereocenters. The van der Waals surface area contributed by atoms with Crippen LogP contribution in [0.5, 0.6) is 0 Å². The number of alkyl halides is 3. The van der Waals surface area contributed by atoms with Gasteiger partial charge >= 0.3 is 18.1 Å². The molecule has 31 heavy (non-hydrogen) atoms. The van der Waals surface area contributed by atoms with Gasteiger partial charge in [-0.1, -0.05) is 18.2 Å². The predicted octanol–water partition coefficient (Wildman–Crippen LogP) is 3.64. The summed E-state index contributed by atoms with van der Waals surface area (Å²) in [6.45, 7) is 1.94. The minimum absolute atomic E-state index is 0.101. The van der Waals surface area contributed by atoms with Crippen LogP contribution in [0.3, 0.4) is 0 Å². The molecular formula is C20H17F4N3O4. The van der Waals surface area contributed by atoms with E-state index in [9.17, 15) is 22.4 Å². The summed E-state index contributed by atoms with van der Waals surface area (Å²) in [5.41, 5.74) is 4.42. The molecule has 4 rings (SSSR count). The first-order valence-corrected chi connectivity index (χ1v) is 8.93. The van der Waals surface area contributed by atoms with E-state index in [1.807, 2.05) is 12.1 Å². The lowest BCUT2D eigenvalue weighted by atomic mass is 10.1. The van der Waals surface area contributed by atoms with Crippen LogP contribution in [-0.2, 0) is 29.2 Å². The molecule has 0 fully saturated rings. The summed E-state index contributed by atoms with van der Waals surface area (Å²) in [5, 5.41) is 7.12. The third-order valence-corrected chi connectivity index (χ3v) is 4.49. The van der Waals surface area contributed by atoms with Crippen LogP contribution in [0, 0.1) is 5.82 Å². The molecule has 1 aromatic heterocycles. The largest absolute Gasteiger partial charge is 0.490 e. The van der Waals surface area contributed by atoms with E-state index in [4.69, 9.17) is 14.6 Å². The molecule has 0 saturated carbocycles. The van der Waals surface area contributed by atoms with Gasteiger partial charge in [0.15, 0.2) is 0 Å². The first-order chi connectivity index (χ1) is 14.5. The number of carboxylic acids is 1. The molecule has 164 valence electrons. The van der Waals surface area contributed by atoms with Gasteiger partial charge in [0.2, 0.25) is 0 Å². The summed E-state index contributed by atoms with van der Waals surface area (Å²) in [6, 6.07) is 8.70. The van der Waals surface area contributed by atoms with Crippen molar-refractivity contribution in [1.29, 1.82) is 0 Å². The minimum atomic E-state index is -5.08. The van der Waals surface area contributed by atoms with Gasteiger partial charge in [0, 0.05) is 19.2 Å². The molecule has 2 heterocycles. The van der Waals surface area contributed by atoms with Crippen molar-refractivity contribution in [3.63, 3.8) is 0 Å². The highest BCUT2D eigenvalue weighted by Gasteiger charge is 2.38. The second-order valence-corrected chi connectivity index (χ2v) is 6.91. The van der Waals surface area contributed by atoms with Gasteiger partial charge in [0.05, 0.1) is 22.9 Å². The number of carboxylic acid groups (broad SMARTS) is 1. The number of ether oxygens (including phenoxy) is 1. The van der Waals surface area contributed by atoms with Crippen molar-refractivity contribution in [2.24, 2.45) is 0 Å². The fourth-order valence-electron chi connectivity index (χ4n) is 3.05. The highest BCUT2D eigenvalue weighted by atomic mass is 19.4. The molecular weight excluding hydrogens is 422 g/mol. The molecule has 7 nitrogen and oxygen atoms in total. The van der Waals surface area contributed by atoms with Crippen LogP contribution >= 0.6 is 0 Å². The smallest absolute Gasteiger partial charge is 0.475 e. The second kappa shape index (κ2) is 8.72. The van der Waals surface area contributed by atoms with Crippen LogP contribution in [0.25, 0.3) is 11.0 Å². The zero-order valence-corrected chi connectivity index (χ0v) is 16.2. The summed E-state index contributed by atoms with van der Waals surface area (Å²) in [6.07, 6.45) is -3.62. The van der Waals surface area contributed by atoms with Crippen molar-refractivity contribution < 1.29 is 37.0 Å². The number of carbonyl (C=O) groups excluding carboxylic acids is 1. The molecule has 0 amide bonds. The van der Waals surface area contributed by atoms with Crippen LogP contribution in [0.4, 0.5) is 17.6 Å². The van der Waals surface area contributed by atoms with E-state index in [1.54, 1.807) is 0 Å². The van der Waals surface area contributed by atoms with Crippen molar-refractivity contribution in [3.05, 3.63) is 64.7 Å². The van der Waals surface area contributed by atoms with E-state index in [0.717, 1.165) is 18.7 Å². The summed E-state index contributed by atoms with van der Waals surface area (Å²) in [5.74, 6) is -4.06. The summed E-state index contributed by atoms with van der Waals surface area (Å²) >= 11 is 0. The summed E-state index contributed by atoms with van der Waals surface area (Å²) in [4.78, 5) is 30.1. The maximum Gasteiger partial charge on any atom is 0.490 e. The molecule has 0 atom stereocenters. The lowest BCUT2D eigenvalue weighted by Crippen LogP contribution is -2.21. The molecule has 1 aliphatic heterocycles. The third kappa shape index (κ3) is 5.37. The minimum Gasteiger partial charge on any atom is -0.475 e. The van der Waals surface area contributed by atoms with Gasteiger partial charge in [-0.25, -0.2) is 19.0 Å². The van der Waals surface area contributed by atoms with E-state index in [-0.39, 0.29) is 12.2 Å². The monoisotopic (exact) mass is 439 g/mol. The van der Waals surface area contributed by atoms with Crippen LogP contribution in [0.2, 0.25) is 0 Å². The molecule has 11 heteroatoms. The lowest BCUT2D eigenvalue weighted by Gasteiger charge is -2.07. The Morgan fingerprint density at radius 1 is 1.19 bits per heavy atom. The molecule has 0 saturated heterocycles. The summed E-state index contributed by atoms with van der Waals surface area (Å²) in [7, 11) is 2.06. The Balaban J connectivity index is 0.000000339. The molecule has 0 aliphatic carbocycles. The van der Waals surface area contributed by atoms with Crippen LogP contribution in [0.15, 0.2) is 36.7 Å². The normalized spacial score (nSPS) is 13.5. The number of carbonyl (C=O) groups is 2. The Morgan fingerprint density at radius 3 is 2.55 bits per heavy atom. The van der Waals surface area contributed by atoms with E-state index in [1.165, 1.54) is 29.6 Å². The predicted molar refractivity (Wildman–Crippen MR) is 100 cm³/mol. The maximum atomic E-state index is 14.0. The number of nitrogens with one attached hydrogen (secondary N) is 1. The van der Waals surface area contributed by atoms with Crippen molar-refractivity contribution >= 4 is 23.0 Å². The number of aromatic nitrogens is 2. The van der Waals surface area contributed by atoms with Gasteiger partial charge in [0.25, 0.3) is 0 Å². The van der Waals surface area contributed by atoms with Gasteiger partial charge < -0.3 is 14.8 Å². The number of aromatic amines is 1. The number of H-pyrrole nitrogens is 1. The molecule has 3 aromatic rings. The fourth-order valence-corrected chi connectivity index (χ4v) is 3.05. The standard InChI is InChI=1S/C18H16FN3O2.C2HF3O2/c1-22-7-12-3-2-11(4-13(12)8-22)9-24-18(23)14-5-16-17(6-15(14)19)21-10-20-16;3-2(4,5)1(6)7/h2-6,10H,7-9H2,1H3,(H,20,21);(H,6,7). The molecule has 1 aliphatic rings. The number of halogens is 4. The number of nitrogens with zero attached hydrogens (tertiary/aromatic N) is 2. The summed E-state index contributed by atoms with van der Waals surface area (Å²) < 4.78 is 51.1. The van der Waals surface area contributed by atoms with Crippen molar-refractivity contribution in [3.8, 4) is 0 Å². The average molecular weight is 439 g/mol. The number of hydrogen-bond acceptors (Lipinski definition) is 5. The fraction of sp³-hybridized carbons (Fsp3) is 0.250. The first-order valence-electron chi connectivity index (χ1n) is 8.93. The first kappa shape index (κ1) is 22.2. The lowest BCUT2D eigenvalue weighted by molar-refractivity contribution is -0.192. The second-order valence-electron chi connectivity index (χ2n) is 6.91. The molecule has 0 spiro atoms. The molecule has 0 radical (unpaired) electrons. The number of hydrogen-bond donors (Lipinski definition) is 2. The Hall–Kier alpha value is -3.47. The number of aliphatic carboxylic acids is 1. The Morgan fingerprint density at radius 2 is 1.87 bits per heavy atom. The van der Waals surface area contributed by atoms with Crippen molar-refractivity contribution in [1.82, 2.24) is 14.9 Å². The topological polar surface area (TPSA) is 95.5 Å². The third-order valence-electron chi connectivity index (χ3n) is 4.49. The SMILES string of the molecule is CN1Cc2ccc(COC(=O)c3cc4nc[nH]c4cc3F)cc2C1.O=C(O)C(F)(F)F. The number of esters is 1. The van der Waals surface area contributed by atoms with E-state index in [2.05, 4.69) is 28.0 Å². The van der Waals surface area contributed by atoms with Crippen LogP contribution < -0.4 is 0 Å². The molecule has 2 N–H and O–H groups in total. The number of rotatable bonds is 3. The van der Waals surface area contributed by atoms with Gasteiger partial charge in [-0.3, -0.25) is 4.90 Å². The number of benzene rings is 2. The highest BCUT2D eigenvalue weighted by Crippen LogP contribution is 2.23. The Bertz CT molecular complexity index is 1130. The van der Waals surface area contributed by atoms with E-state index < -0.39 is 23.9 Å². The molecule has 2 aromatic carbocycles. The quantitative estimate of drug-likeness (QED) is 0.478. The van der Waals surface area contributed by atoms with E-state index in [0.29, 0.717) is 11.0 Å². The average Bonchev–Trinajstić information content (AvgIpc) is 3.29. The van der Waals surface area contributed by atoms with Gasteiger partial charge in [0.1, 0.15) is 12.4 Å². The van der Waals surface area contributed by atoms with Crippen LogP contribution in [0.1, 0.15) is 27.0 Å². The Kier molecular flexibility index (Phi) is 6.25. The van der Waals surface area contributed by atoms with Crippen molar-refractivity contribution in [2.45, 2.75) is 25.9 Å². The van der Waals surface area contributed by atoms with Gasteiger partial charge in [-0.05, 0) is 29.8 Å². The van der Waals surface area contributed by atoms with Crippen molar-refractivity contribution in [2.75, 3.05) is 7.05 Å². The highest BCUT2D eigenvalue weighted by molar-refractivity contribution is 5.93. The van der Waals surface area contributed by atoms with Gasteiger partial charge in [-0.2, -0.15) is 13.2 Å². The zero-order valence-electron chi connectivity index (χ0n) is 16.2. The zero-order chi connectivity index (χ0) is 22.8.